The second-order valence-electron chi connectivity index (χ2n) is 4.83. The van der Waals surface area contributed by atoms with Crippen molar-refractivity contribution < 1.29 is 4.92 Å². The summed E-state index contributed by atoms with van der Waals surface area (Å²) in [5.41, 5.74) is 12.0. The summed E-state index contributed by atoms with van der Waals surface area (Å²) in [6.07, 6.45) is 0.259. The van der Waals surface area contributed by atoms with Crippen LogP contribution in [0.4, 0.5) is 17.5 Å². The monoisotopic (exact) mass is 295 g/mol. The minimum atomic E-state index is -0.574. The number of rotatable bonds is 3. The average Bonchev–Trinajstić information content (AvgIpc) is 2.46. The molecule has 0 amide bonds. The van der Waals surface area contributed by atoms with Gasteiger partial charge in [0, 0.05) is 6.42 Å². The van der Waals surface area contributed by atoms with E-state index in [1.54, 1.807) is 0 Å². The molecule has 0 saturated carbocycles. The van der Waals surface area contributed by atoms with Crippen LogP contribution in [-0.4, -0.2) is 14.9 Å². The van der Waals surface area contributed by atoms with Crippen LogP contribution in [0.25, 0.3) is 10.8 Å². The van der Waals surface area contributed by atoms with E-state index in [9.17, 15) is 10.1 Å². The van der Waals surface area contributed by atoms with Crippen molar-refractivity contribution in [2.75, 3.05) is 11.5 Å². The zero-order valence-electron chi connectivity index (χ0n) is 11.6. The van der Waals surface area contributed by atoms with Gasteiger partial charge in [0.05, 0.1) is 4.92 Å². The molecule has 3 rings (SSSR count). The van der Waals surface area contributed by atoms with Gasteiger partial charge in [-0.1, -0.05) is 42.5 Å². The molecule has 1 heterocycles. The normalized spacial score (nSPS) is 10.7. The lowest BCUT2D eigenvalue weighted by Crippen LogP contribution is -2.09. The summed E-state index contributed by atoms with van der Waals surface area (Å²) in [6, 6.07) is 13.6. The fraction of sp³-hybridized carbons (Fsp3) is 0.0667. The van der Waals surface area contributed by atoms with Gasteiger partial charge in [-0.3, -0.25) is 10.1 Å². The summed E-state index contributed by atoms with van der Waals surface area (Å²) >= 11 is 0. The van der Waals surface area contributed by atoms with Crippen LogP contribution in [-0.2, 0) is 6.42 Å². The van der Waals surface area contributed by atoms with Gasteiger partial charge >= 0.3 is 5.69 Å². The molecule has 110 valence electrons. The molecule has 0 atom stereocenters. The molecule has 2 aromatic carbocycles. The fourth-order valence-corrected chi connectivity index (χ4v) is 2.49. The first kappa shape index (κ1) is 13.7. The van der Waals surface area contributed by atoms with Crippen LogP contribution in [0.1, 0.15) is 11.3 Å². The molecule has 0 fully saturated rings. The molecule has 0 aliphatic carbocycles. The molecule has 0 bridgehead atoms. The van der Waals surface area contributed by atoms with E-state index in [4.69, 9.17) is 11.5 Å². The third-order valence-electron chi connectivity index (χ3n) is 3.42. The number of benzene rings is 2. The predicted molar refractivity (Wildman–Crippen MR) is 84.3 cm³/mol. The first-order chi connectivity index (χ1) is 10.6. The summed E-state index contributed by atoms with van der Waals surface area (Å²) in [6.45, 7) is 0. The van der Waals surface area contributed by atoms with E-state index in [-0.39, 0.29) is 29.6 Å². The van der Waals surface area contributed by atoms with Crippen molar-refractivity contribution in [1.29, 1.82) is 0 Å². The van der Waals surface area contributed by atoms with Crippen molar-refractivity contribution in [3.05, 3.63) is 63.8 Å². The molecular weight excluding hydrogens is 282 g/mol. The van der Waals surface area contributed by atoms with Crippen LogP contribution in [0.2, 0.25) is 0 Å². The number of hydrogen-bond donors (Lipinski definition) is 2. The smallest absolute Gasteiger partial charge is 0.332 e. The molecule has 0 radical (unpaired) electrons. The van der Waals surface area contributed by atoms with Crippen LogP contribution in [0.3, 0.4) is 0 Å². The highest BCUT2D eigenvalue weighted by atomic mass is 16.6. The summed E-state index contributed by atoms with van der Waals surface area (Å²) in [4.78, 5) is 18.3. The largest absolute Gasteiger partial charge is 0.378 e. The van der Waals surface area contributed by atoms with Crippen molar-refractivity contribution in [3.8, 4) is 0 Å². The Balaban J connectivity index is 2.15. The molecule has 22 heavy (non-hydrogen) atoms. The standard InChI is InChI=1S/C15H13N5O2/c16-14-13(20(21)22)12(18-15(17)19-14)8-10-6-3-5-9-4-1-2-7-11(9)10/h1-7H,8H2,(H4,16,17,18,19). The van der Waals surface area contributed by atoms with E-state index in [1.807, 2.05) is 42.5 Å². The van der Waals surface area contributed by atoms with Crippen molar-refractivity contribution in [3.63, 3.8) is 0 Å². The van der Waals surface area contributed by atoms with E-state index < -0.39 is 4.92 Å². The Bertz CT molecular complexity index is 874. The van der Waals surface area contributed by atoms with Gasteiger partial charge in [-0.05, 0) is 16.3 Å². The Morgan fingerprint density at radius 3 is 2.55 bits per heavy atom. The molecule has 7 heteroatoms. The quantitative estimate of drug-likeness (QED) is 0.564. The minimum Gasteiger partial charge on any atom is -0.378 e. The Kier molecular flexibility index (Phi) is 3.30. The van der Waals surface area contributed by atoms with E-state index in [2.05, 4.69) is 9.97 Å². The maximum absolute atomic E-state index is 11.2. The molecule has 7 nitrogen and oxygen atoms in total. The SMILES string of the molecule is Nc1nc(N)c([N+](=O)[O-])c(Cc2cccc3ccccc23)n1. The third kappa shape index (κ3) is 2.39. The molecule has 4 N–H and O–H groups in total. The van der Waals surface area contributed by atoms with E-state index >= 15 is 0 Å². The second kappa shape index (κ2) is 5.28. The molecule has 3 aromatic rings. The summed E-state index contributed by atoms with van der Waals surface area (Å²) in [5, 5.41) is 13.3. The maximum Gasteiger partial charge on any atom is 0.332 e. The molecule has 0 unspecified atom stereocenters. The second-order valence-corrected chi connectivity index (χ2v) is 4.83. The molecule has 0 aliphatic heterocycles. The highest BCUT2D eigenvalue weighted by molar-refractivity contribution is 5.86. The highest BCUT2D eigenvalue weighted by Gasteiger charge is 2.22. The van der Waals surface area contributed by atoms with Gasteiger partial charge in [0.15, 0.2) is 0 Å². The zero-order chi connectivity index (χ0) is 15.7. The number of anilines is 2. The van der Waals surface area contributed by atoms with Gasteiger partial charge in [-0.15, -0.1) is 0 Å². The maximum atomic E-state index is 11.2. The number of hydrogen-bond acceptors (Lipinski definition) is 6. The Hall–Kier alpha value is -3.22. The van der Waals surface area contributed by atoms with Crippen LogP contribution in [0, 0.1) is 10.1 Å². The van der Waals surface area contributed by atoms with Gasteiger partial charge in [0.1, 0.15) is 5.69 Å². The number of nitrogens with zero attached hydrogens (tertiary/aromatic N) is 3. The van der Waals surface area contributed by atoms with Gasteiger partial charge in [-0.2, -0.15) is 4.98 Å². The molecule has 0 spiro atoms. The molecule has 0 saturated heterocycles. The minimum absolute atomic E-state index is 0.0710. The molecule has 0 aliphatic rings. The van der Waals surface area contributed by atoms with Crippen LogP contribution >= 0.6 is 0 Å². The van der Waals surface area contributed by atoms with E-state index in [1.165, 1.54) is 0 Å². The first-order valence-corrected chi connectivity index (χ1v) is 6.59. The lowest BCUT2D eigenvalue weighted by molar-refractivity contribution is -0.385. The van der Waals surface area contributed by atoms with Crippen molar-refractivity contribution >= 4 is 28.2 Å². The van der Waals surface area contributed by atoms with Crippen molar-refractivity contribution in [2.45, 2.75) is 6.42 Å². The molecule has 1 aromatic heterocycles. The van der Waals surface area contributed by atoms with Crippen LogP contribution in [0.15, 0.2) is 42.5 Å². The van der Waals surface area contributed by atoms with Crippen molar-refractivity contribution in [2.24, 2.45) is 0 Å². The average molecular weight is 295 g/mol. The number of nitro groups is 1. The highest BCUT2D eigenvalue weighted by Crippen LogP contribution is 2.28. The number of aromatic nitrogens is 2. The Morgan fingerprint density at radius 2 is 1.77 bits per heavy atom. The number of nitrogen functional groups attached to an aromatic ring is 2. The summed E-state index contributed by atoms with van der Waals surface area (Å²) in [7, 11) is 0. The summed E-state index contributed by atoms with van der Waals surface area (Å²) in [5.74, 6) is -0.286. The van der Waals surface area contributed by atoms with E-state index in [0.29, 0.717) is 0 Å². The van der Waals surface area contributed by atoms with Crippen LogP contribution < -0.4 is 11.5 Å². The number of fused-ring (bicyclic) bond motifs is 1. The fourth-order valence-electron chi connectivity index (χ4n) is 2.49. The lowest BCUT2D eigenvalue weighted by Gasteiger charge is -2.08. The van der Waals surface area contributed by atoms with Gasteiger partial charge in [0.2, 0.25) is 11.8 Å². The first-order valence-electron chi connectivity index (χ1n) is 6.59. The van der Waals surface area contributed by atoms with Crippen LogP contribution in [0.5, 0.6) is 0 Å². The topological polar surface area (TPSA) is 121 Å². The molecular formula is C15H13N5O2. The zero-order valence-corrected chi connectivity index (χ0v) is 11.6. The number of nitrogens with two attached hydrogens (primary N) is 2. The van der Waals surface area contributed by atoms with Gasteiger partial charge in [-0.25, -0.2) is 4.98 Å². The van der Waals surface area contributed by atoms with E-state index in [0.717, 1.165) is 16.3 Å². The Labute approximate surface area is 125 Å². The third-order valence-corrected chi connectivity index (χ3v) is 3.42. The Morgan fingerprint density at radius 1 is 1.05 bits per heavy atom. The summed E-state index contributed by atoms with van der Waals surface area (Å²) < 4.78 is 0. The van der Waals surface area contributed by atoms with Gasteiger partial charge in [0.25, 0.3) is 0 Å². The van der Waals surface area contributed by atoms with Crippen molar-refractivity contribution in [1.82, 2.24) is 9.97 Å². The lowest BCUT2D eigenvalue weighted by atomic mass is 10.0. The van der Waals surface area contributed by atoms with Gasteiger partial charge < -0.3 is 11.5 Å². The predicted octanol–water partition coefficient (Wildman–Crippen LogP) is 2.29.